The number of likely N-dealkylation sites (N-methyl/N-ethyl adjacent to an activating group) is 1. The molecule has 2 aromatic rings. The SMILES string of the molecule is CNC1C(=O)Nc2cc(Oc3cc(C)cc(C)c3)ccc21. The van der Waals surface area contributed by atoms with Crippen LogP contribution in [0.5, 0.6) is 11.5 Å². The molecule has 1 unspecified atom stereocenters. The van der Waals surface area contributed by atoms with Gasteiger partial charge >= 0.3 is 0 Å². The minimum atomic E-state index is -0.282. The molecule has 0 fully saturated rings. The summed E-state index contributed by atoms with van der Waals surface area (Å²) in [7, 11) is 1.78. The van der Waals surface area contributed by atoms with E-state index in [1.54, 1.807) is 7.05 Å². The molecule has 0 saturated carbocycles. The summed E-state index contributed by atoms with van der Waals surface area (Å²) in [5.74, 6) is 1.49. The predicted octanol–water partition coefficient (Wildman–Crippen LogP) is 3.31. The van der Waals surface area contributed by atoms with Crippen LogP contribution < -0.4 is 15.4 Å². The number of nitrogens with one attached hydrogen (secondary N) is 2. The number of amides is 1. The van der Waals surface area contributed by atoms with E-state index in [1.807, 2.05) is 44.2 Å². The molecule has 1 heterocycles. The number of fused-ring (bicyclic) bond motifs is 1. The van der Waals surface area contributed by atoms with E-state index < -0.39 is 0 Å². The fourth-order valence-corrected chi connectivity index (χ4v) is 2.72. The van der Waals surface area contributed by atoms with Crippen molar-refractivity contribution in [2.75, 3.05) is 12.4 Å². The lowest BCUT2D eigenvalue weighted by atomic mass is 10.1. The van der Waals surface area contributed by atoms with Gasteiger partial charge in [0, 0.05) is 17.3 Å². The number of rotatable bonds is 3. The van der Waals surface area contributed by atoms with Gasteiger partial charge in [0.1, 0.15) is 17.5 Å². The Morgan fingerprint density at radius 2 is 1.76 bits per heavy atom. The van der Waals surface area contributed by atoms with Crippen molar-refractivity contribution in [3.05, 3.63) is 53.1 Å². The minimum absolute atomic E-state index is 0.0314. The summed E-state index contributed by atoms with van der Waals surface area (Å²) in [6.45, 7) is 4.08. The maximum Gasteiger partial charge on any atom is 0.246 e. The van der Waals surface area contributed by atoms with Crippen molar-refractivity contribution >= 4 is 11.6 Å². The van der Waals surface area contributed by atoms with E-state index in [9.17, 15) is 4.79 Å². The van der Waals surface area contributed by atoms with Gasteiger partial charge in [-0.3, -0.25) is 4.79 Å². The number of carbonyl (C=O) groups excluding carboxylic acids is 1. The molecule has 0 saturated heterocycles. The van der Waals surface area contributed by atoms with E-state index in [-0.39, 0.29) is 11.9 Å². The van der Waals surface area contributed by atoms with Crippen molar-refractivity contribution in [1.29, 1.82) is 0 Å². The Labute approximate surface area is 124 Å². The first-order chi connectivity index (χ1) is 10.1. The zero-order valence-corrected chi connectivity index (χ0v) is 12.4. The van der Waals surface area contributed by atoms with Crippen LogP contribution in [0.15, 0.2) is 36.4 Å². The molecule has 1 aliphatic heterocycles. The van der Waals surface area contributed by atoms with Gasteiger partial charge in [0.2, 0.25) is 5.91 Å². The van der Waals surface area contributed by atoms with Gasteiger partial charge in [0.25, 0.3) is 0 Å². The van der Waals surface area contributed by atoms with Gasteiger partial charge in [-0.15, -0.1) is 0 Å². The van der Waals surface area contributed by atoms with Gasteiger partial charge < -0.3 is 15.4 Å². The molecular weight excluding hydrogens is 264 g/mol. The third-order valence-electron chi connectivity index (χ3n) is 3.58. The molecule has 21 heavy (non-hydrogen) atoms. The molecule has 1 amide bonds. The fraction of sp³-hybridized carbons (Fsp3) is 0.235. The molecule has 2 aromatic carbocycles. The Hall–Kier alpha value is -2.33. The first-order valence-corrected chi connectivity index (χ1v) is 6.95. The van der Waals surface area contributed by atoms with Crippen LogP contribution in [-0.4, -0.2) is 13.0 Å². The summed E-state index contributed by atoms with van der Waals surface area (Å²) < 4.78 is 5.90. The van der Waals surface area contributed by atoms with E-state index >= 15 is 0 Å². The Morgan fingerprint density at radius 3 is 2.43 bits per heavy atom. The summed E-state index contributed by atoms with van der Waals surface area (Å²) in [4.78, 5) is 11.8. The van der Waals surface area contributed by atoms with Gasteiger partial charge in [-0.1, -0.05) is 12.1 Å². The number of hydrogen-bond acceptors (Lipinski definition) is 3. The molecule has 1 atom stereocenters. The first kappa shape index (κ1) is 13.6. The summed E-state index contributed by atoms with van der Waals surface area (Å²) in [5, 5.41) is 5.87. The molecule has 0 spiro atoms. The van der Waals surface area contributed by atoms with Crippen LogP contribution in [0.25, 0.3) is 0 Å². The first-order valence-electron chi connectivity index (χ1n) is 6.95. The summed E-state index contributed by atoms with van der Waals surface area (Å²) in [5.41, 5.74) is 4.08. The number of anilines is 1. The van der Waals surface area contributed by atoms with Gasteiger partial charge in [-0.05, 0) is 50.2 Å². The topological polar surface area (TPSA) is 50.4 Å². The Balaban J connectivity index is 1.88. The van der Waals surface area contributed by atoms with Gasteiger partial charge in [-0.25, -0.2) is 0 Å². The molecule has 3 rings (SSSR count). The van der Waals surface area contributed by atoms with Gasteiger partial charge in [0.15, 0.2) is 0 Å². The Kier molecular flexibility index (Phi) is 3.39. The smallest absolute Gasteiger partial charge is 0.246 e. The van der Waals surface area contributed by atoms with Crippen LogP contribution in [-0.2, 0) is 4.79 Å². The number of aryl methyl sites for hydroxylation is 2. The van der Waals surface area contributed by atoms with Crippen molar-refractivity contribution < 1.29 is 9.53 Å². The lowest BCUT2D eigenvalue weighted by Gasteiger charge is -2.10. The van der Waals surface area contributed by atoms with Gasteiger partial charge in [0.05, 0.1) is 0 Å². The Morgan fingerprint density at radius 1 is 1.05 bits per heavy atom. The zero-order valence-electron chi connectivity index (χ0n) is 12.4. The predicted molar refractivity (Wildman–Crippen MR) is 82.9 cm³/mol. The van der Waals surface area contributed by atoms with Crippen LogP contribution in [0.1, 0.15) is 22.7 Å². The molecule has 1 aliphatic rings. The number of benzene rings is 2. The second-order valence-corrected chi connectivity index (χ2v) is 5.39. The second-order valence-electron chi connectivity index (χ2n) is 5.39. The quantitative estimate of drug-likeness (QED) is 0.908. The van der Waals surface area contributed by atoms with E-state index in [2.05, 4.69) is 16.7 Å². The lowest BCUT2D eigenvalue weighted by Crippen LogP contribution is -2.23. The highest BCUT2D eigenvalue weighted by Gasteiger charge is 2.29. The van der Waals surface area contributed by atoms with Crippen LogP contribution in [0.3, 0.4) is 0 Å². The summed E-state index contributed by atoms with van der Waals surface area (Å²) in [6, 6.07) is 11.5. The molecule has 0 radical (unpaired) electrons. The molecule has 2 N–H and O–H groups in total. The molecule has 4 heteroatoms. The normalized spacial score (nSPS) is 16.5. The van der Waals surface area contributed by atoms with E-state index in [1.165, 1.54) is 0 Å². The van der Waals surface area contributed by atoms with Gasteiger partial charge in [-0.2, -0.15) is 0 Å². The highest BCUT2D eigenvalue weighted by Crippen LogP contribution is 2.35. The monoisotopic (exact) mass is 282 g/mol. The van der Waals surface area contributed by atoms with E-state index in [0.717, 1.165) is 33.9 Å². The van der Waals surface area contributed by atoms with Crippen LogP contribution in [0, 0.1) is 13.8 Å². The van der Waals surface area contributed by atoms with Crippen molar-refractivity contribution in [2.45, 2.75) is 19.9 Å². The van der Waals surface area contributed by atoms with Crippen LogP contribution in [0.4, 0.5) is 5.69 Å². The van der Waals surface area contributed by atoms with Crippen LogP contribution >= 0.6 is 0 Å². The summed E-state index contributed by atoms with van der Waals surface area (Å²) in [6.07, 6.45) is 0. The minimum Gasteiger partial charge on any atom is -0.457 e. The average molecular weight is 282 g/mol. The molecule has 108 valence electrons. The molecule has 0 bridgehead atoms. The van der Waals surface area contributed by atoms with Crippen LogP contribution in [0.2, 0.25) is 0 Å². The van der Waals surface area contributed by atoms with Crippen molar-refractivity contribution in [3.63, 3.8) is 0 Å². The zero-order chi connectivity index (χ0) is 15.0. The number of hydrogen-bond donors (Lipinski definition) is 2. The fourth-order valence-electron chi connectivity index (χ4n) is 2.72. The lowest BCUT2D eigenvalue weighted by molar-refractivity contribution is -0.117. The highest BCUT2D eigenvalue weighted by atomic mass is 16.5. The molecule has 4 nitrogen and oxygen atoms in total. The number of ether oxygens (including phenoxy) is 1. The Bertz CT molecular complexity index is 690. The van der Waals surface area contributed by atoms with E-state index in [0.29, 0.717) is 0 Å². The highest BCUT2D eigenvalue weighted by molar-refractivity contribution is 6.02. The average Bonchev–Trinajstić information content (AvgIpc) is 2.71. The maximum atomic E-state index is 11.8. The molecule has 0 aromatic heterocycles. The van der Waals surface area contributed by atoms with Crippen molar-refractivity contribution in [3.8, 4) is 11.5 Å². The molecular formula is C17H18N2O2. The number of carbonyl (C=O) groups is 1. The third-order valence-corrected chi connectivity index (χ3v) is 3.58. The summed E-state index contributed by atoms with van der Waals surface area (Å²) >= 11 is 0. The third kappa shape index (κ3) is 2.62. The van der Waals surface area contributed by atoms with E-state index in [4.69, 9.17) is 4.74 Å². The van der Waals surface area contributed by atoms with Crippen molar-refractivity contribution in [1.82, 2.24) is 5.32 Å². The van der Waals surface area contributed by atoms with Crippen molar-refractivity contribution in [2.24, 2.45) is 0 Å². The second kappa shape index (κ2) is 5.22. The maximum absolute atomic E-state index is 11.8. The largest absolute Gasteiger partial charge is 0.457 e. The standard InChI is InChI=1S/C17H18N2O2/c1-10-6-11(2)8-13(7-10)21-12-4-5-14-15(9-12)19-17(20)16(14)18-3/h4-9,16,18H,1-3H3,(H,19,20). The molecule has 0 aliphatic carbocycles.